The lowest BCUT2D eigenvalue weighted by Crippen LogP contribution is -2.32. The normalized spacial score (nSPS) is 18.1. The highest BCUT2D eigenvalue weighted by molar-refractivity contribution is 6.46. The minimum atomic E-state index is -1.00. The van der Waals surface area contributed by atoms with E-state index in [-0.39, 0.29) is 23.4 Å². The van der Waals surface area contributed by atoms with E-state index in [0.717, 1.165) is 0 Å². The lowest BCUT2D eigenvalue weighted by atomic mass is 9.95. The van der Waals surface area contributed by atoms with Gasteiger partial charge in [-0.15, -0.1) is 0 Å². The summed E-state index contributed by atoms with van der Waals surface area (Å²) < 4.78 is 20.2. The van der Waals surface area contributed by atoms with E-state index < -0.39 is 23.5 Å². The molecule has 2 aromatic rings. The number of aliphatic hydroxyl groups is 1. The molecule has 1 atom stereocenters. The van der Waals surface area contributed by atoms with Crippen molar-refractivity contribution >= 4 is 17.4 Å². The number of amides is 1. The Hall–Kier alpha value is -3.19. The van der Waals surface area contributed by atoms with Crippen LogP contribution in [0.1, 0.15) is 30.5 Å². The van der Waals surface area contributed by atoms with Gasteiger partial charge in [-0.25, -0.2) is 4.39 Å². The number of likely N-dealkylation sites (tertiary alicyclic amines) is 1. The van der Waals surface area contributed by atoms with Crippen molar-refractivity contribution in [1.29, 1.82) is 0 Å². The van der Waals surface area contributed by atoms with Gasteiger partial charge in [0.25, 0.3) is 11.7 Å². The maximum atomic E-state index is 14.7. The van der Waals surface area contributed by atoms with Crippen molar-refractivity contribution in [3.8, 4) is 5.75 Å². The van der Waals surface area contributed by atoms with E-state index in [1.165, 1.54) is 17.0 Å². The number of halogens is 1. The Bertz CT molecular complexity index is 1000. The summed E-state index contributed by atoms with van der Waals surface area (Å²) in [5.74, 6) is -1.93. The van der Waals surface area contributed by atoms with Crippen LogP contribution in [0.5, 0.6) is 5.75 Å². The number of aliphatic hydroxyl groups excluding tert-OH is 1. The van der Waals surface area contributed by atoms with Gasteiger partial charge in [0.1, 0.15) is 17.3 Å². The first-order valence-corrected chi connectivity index (χ1v) is 10.3. The van der Waals surface area contributed by atoms with Crippen LogP contribution in [0, 0.1) is 5.82 Å². The van der Waals surface area contributed by atoms with Crippen molar-refractivity contribution in [2.45, 2.75) is 19.4 Å². The van der Waals surface area contributed by atoms with E-state index in [9.17, 15) is 19.1 Å². The van der Waals surface area contributed by atoms with Gasteiger partial charge in [0.2, 0.25) is 0 Å². The summed E-state index contributed by atoms with van der Waals surface area (Å²) in [5, 5.41) is 11.0. The van der Waals surface area contributed by atoms with Crippen LogP contribution in [0.25, 0.3) is 5.76 Å². The fourth-order valence-corrected chi connectivity index (χ4v) is 3.74. The van der Waals surface area contributed by atoms with Crippen LogP contribution < -0.4 is 4.74 Å². The number of Topliss-reactive ketones (excluding diaryl/α,β-unsaturated/α-hetero) is 1. The molecular weight excluding hydrogens is 399 g/mol. The molecule has 6 nitrogen and oxygen atoms in total. The molecule has 0 spiro atoms. The second kappa shape index (κ2) is 9.75. The average Bonchev–Trinajstić information content (AvgIpc) is 2.99. The Morgan fingerprint density at radius 1 is 1.16 bits per heavy atom. The Kier molecular flexibility index (Phi) is 7.07. The Morgan fingerprint density at radius 2 is 1.90 bits per heavy atom. The second-order valence-electron chi connectivity index (χ2n) is 7.63. The number of carbonyl (C=O) groups is 2. The number of ether oxygens (including phenoxy) is 1. The van der Waals surface area contributed by atoms with E-state index in [1.54, 1.807) is 36.4 Å². The van der Waals surface area contributed by atoms with E-state index in [2.05, 4.69) is 0 Å². The molecule has 1 fully saturated rings. The molecule has 0 aliphatic carbocycles. The van der Waals surface area contributed by atoms with Gasteiger partial charge in [0, 0.05) is 17.7 Å². The molecule has 7 heteroatoms. The Labute approximate surface area is 181 Å². The summed E-state index contributed by atoms with van der Waals surface area (Å²) in [6.07, 6.45) is 0.602. The van der Waals surface area contributed by atoms with Crippen LogP contribution in [0.3, 0.4) is 0 Å². The molecule has 1 unspecified atom stereocenters. The predicted molar refractivity (Wildman–Crippen MR) is 116 cm³/mol. The number of rotatable bonds is 8. The number of carbonyl (C=O) groups excluding carboxylic acids is 2. The summed E-state index contributed by atoms with van der Waals surface area (Å²) in [5.41, 5.74) is 0.390. The first kappa shape index (κ1) is 22.5. The summed E-state index contributed by atoms with van der Waals surface area (Å²) in [7, 11) is 3.82. The molecule has 0 aromatic heterocycles. The molecular formula is C24H27FN2O4. The Balaban J connectivity index is 2.11. The van der Waals surface area contributed by atoms with Crippen molar-refractivity contribution in [3.63, 3.8) is 0 Å². The quantitative estimate of drug-likeness (QED) is 0.397. The SMILES string of the molecule is CCOc1cccc(/C(O)=C2\C(=O)C(=O)N(CCCN(C)C)C2c2ccccc2F)c1. The lowest BCUT2D eigenvalue weighted by Gasteiger charge is -2.26. The molecule has 31 heavy (non-hydrogen) atoms. The molecule has 1 aliphatic heterocycles. The van der Waals surface area contributed by atoms with Crippen LogP contribution in [0.15, 0.2) is 54.1 Å². The molecule has 1 amide bonds. The topological polar surface area (TPSA) is 70.1 Å². The molecule has 2 aromatic carbocycles. The van der Waals surface area contributed by atoms with Gasteiger partial charge >= 0.3 is 0 Å². The van der Waals surface area contributed by atoms with Gasteiger partial charge in [0.15, 0.2) is 0 Å². The fraction of sp³-hybridized carbons (Fsp3) is 0.333. The smallest absolute Gasteiger partial charge is 0.295 e. The maximum absolute atomic E-state index is 14.7. The van der Waals surface area contributed by atoms with Crippen LogP contribution in [-0.2, 0) is 9.59 Å². The van der Waals surface area contributed by atoms with Crippen LogP contribution in [-0.4, -0.2) is 60.4 Å². The predicted octanol–water partition coefficient (Wildman–Crippen LogP) is 3.60. The zero-order valence-electron chi connectivity index (χ0n) is 18.0. The number of ketones is 1. The van der Waals surface area contributed by atoms with Crippen molar-refractivity contribution in [1.82, 2.24) is 9.80 Å². The molecule has 1 N–H and O–H groups in total. The highest BCUT2D eigenvalue weighted by Gasteiger charge is 2.46. The van der Waals surface area contributed by atoms with Gasteiger partial charge in [-0.3, -0.25) is 9.59 Å². The summed E-state index contributed by atoms with van der Waals surface area (Å²) in [4.78, 5) is 29.1. The Morgan fingerprint density at radius 3 is 2.58 bits per heavy atom. The third-order valence-electron chi connectivity index (χ3n) is 5.16. The van der Waals surface area contributed by atoms with Crippen molar-refractivity contribution in [2.75, 3.05) is 33.8 Å². The molecule has 1 heterocycles. The molecule has 164 valence electrons. The molecule has 1 aliphatic rings. The molecule has 1 saturated heterocycles. The highest BCUT2D eigenvalue weighted by atomic mass is 19.1. The van der Waals surface area contributed by atoms with E-state index >= 15 is 0 Å². The fourth-order valence-electron chi connectivity index (χ4n) is 3.74. The van der Waals surface area contributed by atoms with E-state index in [0.29, 0.717) is 30.9 Å². The first-order chi connectivity index (χ1) is 14.8. The van der Waals surface area contributed by atoms with Crippen LogP contribution in [0.2, 0.25) is 0 Å². The van der Waals surface area contributed by atoms with Gasteiger partial charge in [-0.2, -0.15) is 0 Å². The third-order valence-corrected chi connectivity index (χ3v) is 5.16. The van der Waals surface area contributed by atoms with E-state index in [4.69, 9.17) is 4.74 Å². The van der Waals surface area contributed by atoms with Crippen LogP contribution >= 0.6 is 0 Å². The summed E-state index contributed by atoms with van der Waals surface area (Å²) >= 11 is 0. The van der Waals surface area contributed by atoms with Crippen molar-refractivity contribution in [2.24, 2.45) is 0 Å². The van der Waals surface area contributed by atoms with Crippen molar-refractivity contribution in [3.05, 3.63) is 71.0 Å². The number of benzene rings is 2. The molecule has 0 bridgehead atoms. The van der Waals surface area contributed by atoms with E-state index in [1.807, 2.05) is 25.9 Å². The minimum absolute atomic E-state index is 0.117. The maximum Gasteiger partial charge on any atom is 0.295 e. The second-order valence-corrected chi connectivity index (χ2v) is 7.63. The number of hydrogen-bond acceptors (Lipinski definition) is 5. The number of nitrogens with zero attached hydrogens (tertiary/aromatic N) is 2. The minimum Gasteiger partial charge on any atom is -0.507 e. The molecule has 0 radical (unpaired) electrons. The average molecular weight is 426 g/mol. The molecule has 3 rings (SSSR count). The van der Waals surface area contributed by atoms with Crippen molar-refractivity contribution < 1.29 is 23.8 Å². The van der Waals surface area contributed by atoms with Gasteiger partial charge < -0.3 is 19.6 Å². The third kappa shape index (κ3) is 4.77. The highest BCUT2D eigenvalue weighted by Crippen LogP contribution is 2.40. The lowest BCUT2D eigenvalue weighted by molar-refractivity contribution is -0.140. The zero-order chi connectivity index (χ0) is 22.5. The summed E-state index contributed by atoms with van der Waals surface area (Å²) in [6.45, 7) is 3.24. The van der Waals surface area contributed by atoms with Crippen LogP contribution in [0.4, 0.5) is 4.39 Å². The zero-order valence-corrected chi connectivity index (χ0v) is 18.0. The van der Waals surface area contributed by atoms with Gasteiger partial charge in [0.05, 0.1) is 18.2 Å². The standard InChI is InChI=1S/C24H27FN2O4/c1-4-31-17-10-7-9-16(15-17)22(28)20-21(18-11-5-6-12-19(18)25)27(24(30)23(20)29)14-8-13-26(2)3/h5-7,9-12,15,21,28H,4,8,13-14H2,1-3H3/b22-20+. The van der Waals surface area contributed by atoms with Gasteiger partial charge in [-0.05, 0) is 52.2 Å². The molecule has 0 saturated carbocycles. The van der Waals surface area contributed by atoms with Gasteiger partial charge in [-0.1, -0.05) is 30.3 Å². The first-order valence-electron chi connectivity index (χ1n) is 10.3. The largest absolute Gasteiger partial charge is 0.507 e. The summed E-state index contributed by atoms with van der Waals surface area (Å²) in [6, 6.07) is 11.6. The monoisotopic (exact) mass is 426 g/mol. The number of hydrogen-bond donors (Lipinski definition) is 1.